The summed E-state index contributed by atoms with van der Waals surface area (Å²) in [7, 11) is 1.61. The summed E-state index contributed by atoms with van der Waals surface area (Å²) in [6.45, 7) is 11.7. The summed E-state index contributed by atoms with van der Waals surface area (Å²) in [4.78, 5) is 3.62. The van der Waals surface area contributed by atoms with Crippen molar-refractivity contribution in [3.63, 3.8) is 0 Å². The summed E-state index contributed by atoms with van der Waals surface area (Å²) < 4.78 is 7.40. The Bertz CT molecular complexity index is 1250. The Labute approximate surface area is 169 Å². The van der Waals surface area contributed by atoms with Crippen molar-refractivity contribution in [1.29, 1.82) is 0 Å². The number of fused-ring (bicyclic) bond motifs is 1. The zero-order valence-corrected chi connectivity index (χ0v) is 16.7. The average Bonchev–Trinajstić information content (AvgIpc) is 3.08. The number of aromatic nitrogens is 1. The topological polar surface area (TPSA) is 18.5 Å². The van der Waals surface area contributed by atoms with Crippen molar-refractivity contribution >= 4 is 28.2 Å². The number of halogens is 1. The first-order chi connectivity index (χ1) is 13.5. The third-order valence-electron chi connectivity index (χ3n) is 5.23. The molecule has 0 amide bonds. The zero-order chi connectivity index (χ0) is 19.8. The van der Waals surface area contributed by atoms with Gasteiger partial charge in [-0.1, -0.05) is 35.9 Å². The Balaban J connectivity index is 2.03. The quantitative estimate of drug-likeness (QED) is 0.342. The first-order valence-electron chi connectivity index (χ1n) is 8.96. The summed E-state index contributed by atoms with van der Waals surface area (Å²) in [6, 6.07) is 17.9. The van der Waals surface area contributed by atoms with Gasteiger partial charge in [-0.25, -0.2) is 4.85 Å². The summed E-state index contributed by atoms with van der Waals surface area (Å²) in [5, 5.41) is 1.61. The smallest absolute Gasteiger partial charge is 0.188 e. The van der Waals surface area contributed by atoms with Gasteiger partial charge in [0.15, 0.2) is 5.69 Å². The van der Waals surface area contributed by atoms with E-state index in [1.54, 1.807) is 7.11 Å². The monoisotopic (exact) mass is 386 g/mol. The largest absolute Gasteiger partial charge is 0.495 e. The highest BCUT2D eigenvalue weighted by Crippen LogP contribution is 2.38. The van der Waals surface area contributed by atoms with Gasteiger partial charge in [-0.3, -0.25) is 0 Å². The van der Waals surface area contributed by atoms with Gasteiger partial charge < -0.3 is 9.30 Å². The van der Waals surface area contributed by atoms with Crippen LogP contribution in [-0.4, -0.2) is 11.7 Å². The van der Waals surface area contributed by atoms with Crippen molar-refractivity contribution in [2.45, 2.75) is 13.8 Å². The van der Waals surface area contributed by atoms with Gasteiger partial charge in [0, 0.05) is 17.4 Å². The first kappa shape index (κ1) is 18.2. The van der Waals surface area contributed by atoms with Crippen LogP contribution in [0.3, 0.4) is 0 Å². The molecule has 4 heteroatoms. The molecular formula is C24H19ClN2O. The van der Waals surface area contributed by atoms with Gasteiger partial charge in [0.25, 0.3) is 0 Å². The summed E-state index contributed by atoms with van der Waals surface area (Å²) in [5.74, 6) is 0.645. The van der Waals surface area contributed by atoms with Gasteiger partial charge in [-0.2, -0.15) is 0 Å². The van der Waals surface area contributed by atoms with E-state index in [1.807, 2.05) is 36.4 Å². The van der Waals surface area contributed by atoms with Crippen LogP contribution in [0.15, 0.2) is 60.8 Å². The SMILES string of the molecule is [C-]#[N+]c1ccc2c(c1)c(-c1cccc(C)c1C)cn2-c1ccc(OC)c(Cl)c1. The van der Waals surface area contributed by atoms with Crippen molar-refractivity contribution in [2.24, 2.45) is 0 Å². The molecule has 0 aliphatic rings. The summed E-state index contributed by atoms with van der Waals surface area (Å²) in [5.41, 5.74) is 7.37. The Morgan fingerprint density at radius 3 is 2.54 bits per heavy atom. The molecule has 0 saturated heterocycles. The Hall–Kier alpha value is -3.22. The van der Waals surface area contributed by atoms with Gasteiger partial charge >= 0.3 is 0 Å². The molecule has 138 valence electrons. The molecule has 0 atom stereocenters. The highest BCUT2D eigenvalue weighted by Gasteiger charge is 2.15. The number of methoxy groups -OCH3 is 1. The molecule has 3 nitrogen and oxygen atoms in total. The average molecular weight is 387 g/mol. The van der Waals surface area contributed by atoms with E-state index in [2.05, 4.69) is 47.7 Å². The van der Waals surface area contributed by atoms with E-state index in [0.29, 0.717) is 16.5 Å². The maximum absolute atomic E-state index is 7.40. The third-order valence-corrected chi connectivity index (χ3v) is 5.52. The molecular weight excluding hydrogens is 368 g/mol. The highest BCUT2D eigenvalue weighted by atomic mass is 35.5. The van der Waals surface area contributed by atoms with Crippen molar-refractivity contribution in [2.75, 3.05) is 7.11 Å². The Kier molecular flexibility index (Phi) is 4.58. The predicted octanol–water partition coefficient (Wildman–Crippen LogP) is 7.13. The lowest BCUT2D eigenvalue weighted by molar-refractivity contribution is 0.415. The van der Waals surface area contributed by atoms with Crippen LogP contribution in [0.5, 0.6) is 5.75 Å². The molecule has 4 aromatic rings. The second-order valence-corrected chi connectivity index (χ2v) is 7.20. The van der Waals surface area contributed by atoms with Crippen LogP contribution in [0.25, 0.3) is 32.6 Å². The van der Waals surface area contributed by atoms with Gasteiger partial charge in [-0.05, 0) is 66.3 Å². The zero-order valence-electron chi connectivity index (χ0n) is 16.0. The van der Waals surface area contributed by atoms with Gasteiger partial charge in [-0.15, -0.1) is 0 Å². The number of rotatable bonds is 3. The molecule has 1 heterocycles. The third kappa shape index (κ3) is 2.93. The number of ether oxygens (including phenoxy) is 1. The maximum atomic E-state index is 7.40. The minimum absolute atomic E-state index is 0.563. The number of aryl methyl sites for hydroxylation is 1. The van der Waals surface area contributed by atoms with E-state index < -0.39 is 0 Å². The molecule has 0 bridgehead atoms. The molecule has 0 fully saturated rings. The number of hydrogen-bond donors (Lipinski definition) is 0. The normalized spacial score (nSPS) is 10.8. The van der Waals surface area contributed by atoms with E-state index >= 15 is 0 Å². The minimum atomic E-state index is 0.563. The van der Waals surface area contributed by atoms with Crippen LogP contribution in [0.1, 0.15) is 11.1 Å². The van der Waals surface area contributed by atoms with Gasteiger partial charge in [0.05, 0.1) is 24.2 Å². The fourth-order valence-electron chi connectivity index (χ4n) is 3.56. The number of nitrogens with zero attached hydrogens (tertiary/aromatic N) is 2. The summed E-state index contributed by atoms with van der Waals surface area (Å²) >= 11 is 6.37. The number of hydrogen-bond acceptors (Lipinski definition) is 1. The van der Waals surface area contributed by atoms with Crippen LogP contribution < -0.4 is 4.74 Å². The minimum Gasteiger partial charge on any atom is -0.495 e. The molecule has 0 unspecified atom stereocenters. The Morgan fingerprint density at radius 2 is 1.82 bits per heavy atom. The van der Waals surface area contributed by atoms with Gasteiger partial charge in [0.2, 0.25) is 0 Å². The van der Waals surface area contributed by atoms with Crippen LogP contribution in [0, 0.1) is 20.4 Å². The molecule has 0 N–H and O–H groups in total. The van der Waals surface area contributed by atoms with E-state index in [4.69, 9.17) is 22.9 Å². The van der Waals surface area contributed by atoms with E-state index in [-0.39, 0.29) is 0 Å². The fourth-order valence-corrected chi connectivity index (χ4v) is 3.82. The van der Waals surface area contributed by atoms with E-state index in [1.165, 1.54) is 16.7 Å². The predicted molar refractivity (Wildman–Crippen MR) is 116 cm³/mol. The molecule has 28 heavy (non-hydrogen) atoms. The summed E-state index contributed by atoms with van der Waals surface area (Å²) in [6.07, 6.45) is 2.12. The molecule has 0 aliphatic carbocycles. The molecule has 0 aliphatic heterocycles. The lowest BCUT2D eigenvalue weighted by Crippen LogP contribution is -1.93. The lowest BCUT2D eigenvalue weighted by atomic mass is 9.97. The van der Waals surface area contributed by atoms with E-state index in [0.717, 1.165) is 22.2 Å². The maximum Gasteiger partial charge on any atom is 0.188 e. The van der Waals surface area contributed by atoms with Crippen molar-refractivity contribution < 1.29 is 4.74 Å². The van der Waals surface area contributed by atoms with Crippen molar-refractivity contribution in [1.82, 2.24) is 4.57 Å². The second-order valence-electron chi connectivity index (χ2n) is 6.79. The van der Waals surface area contributed by atoms with Crippen molar-refractivity contribution in [3.8, 4) is 22.6 Å². The molecule has 4 rings (SSSR count). The van der Waals surface area contributed by atoms with Crippen LogP contribution in [-0.2, 0) is 0 Å². The van der Waals surface area contributed by atoms with E-state index in [9.17, 15) is 0 Å². The van der Waals surface area contributed by atoms with Gasteiger partial charge in [0.1, 0.15) is 5.75 Å². The van der Waals surface area contributed by atoms with Crippen LogP contribution >= 0.6 is 11.6 Å². The van der Waals surface area contributed by atoms with Crippen LogP contribution in [0.2, 0.25) is 5.02 Å². The molecule has 1 aromatic heterocycles. The molecule has 0 saturated carbocycles. The Morgan fingerprint density at radius 1 is 1.00 bits per heavy atom. The lowest BCUT2D eigenvalue weighted by Gasteiger charge is -2.09. The van der Waals surface area contributed by atoms with Crippen LogP contribution in [0.4, 0.5) is 5.69 Å². The molecule has 0 spiro atoms. The highest BCUT2D eigenvalue weighted by molar-refractivity contribution is 6.32. The number of benzene rings is 3. The molecule has 0 radical (unpaired) electrons. The first-order valence-corrected chi connectivity index (χ1v) is 9.34. The molecule has 3 aromatic carbocycles. The fraction of sp³-hybridized carbons (Fsp3) is 0.125. The van der Waals surface area contributed by atoms with Crippen molar-refractivity contribution in [3.05, 3.63) is 88.4 Å². The second kappa shape index (κ2) is 7.07. The standard InChI is InChI=1S/C24H19ClN2O/c1-15-6-5-7-19(16(15)2)21-14-27(18-9-11-24(28-4)22(25)13-18)23-10-8-17(26-3)12-20(21)23/h5-14H,1-2,4H3.